The van der Waals surface area contributed by atoms with Gasteiger partial charge in [-0.15, -0.1) is 0 Å². The predicted octanol–water partition coefficient (Wildman–Crippen LogP) is 1.97. The summed E-state index contributed by atoms with van der Waals surface area (Å²) in [4.78, 5) is 12.1. The van der Waals surface area contributed by atoms with Crippen LogP contribution in [0.1, 0.15) is 56.1 Å². The zero-order valence-electron chi connectivity index (χ0n) is 12.6. The van der Waals surface area contributed by atoms with E-state index >= 15 is 0 Å². The third-order valence-electron chi connectivity index (χ3n) is 4.19. The lowest BCUT2D eigenvalue weighted by atomic mass is 10.0. The number of hydrogen-bond acceptors (Lipinski definition) is 3. The number of piperidine rings is 1. The van der Waals surface area contributed by atoms with Gasteiger partial charge in [0.05, 0.1) is 6.04 Å². The van der Waals surface area contributed by atoms with Crippen molar-refractivity contribution in [3.05, 3.63) is 18.0 Å². The van der Waals surface area contributed by atoms with Gasteiger partial charge in [-0.25, -0.2) is 0 Å². The van der Waals surface area contributed by atoms with Gasteiger partial charge in [0.2, 0.25) is 0 Å². The lowest BCUT2D eigenvalue weighted by molar-refractivity contribution is 0.0940. The summed E-state index contributed by atoms with van der Waals surface area (Å²) in [5, 5.41) is 10.8. The molecule has 1 unspecified atom stereocenters. The van der Waals surface area contributed by atoms with E-state index in [1.807, 2.05) is 16.9 Å². The Bertz CT molecular complexity index is 419. The Kier molecular flexibility index (Phi) is 5.59. The highest BCUT2D eigenvalue weighted by Gasteiger charge is 2.17. The molecule has 20 heavy (non-hydrogen) atoms. The second kappa shape index (κ2) is 7.43. The van der Waals surface area contributed by atoms with E-state index in [9.17, 15) is 4.79 Å². The minimum Gasteiger partial charge on any atom is -0.350 e. The maximum Gasteiger partial charge on any atom is 0.271 e. The number of rotatable bonds is 6. The van der Waals surface area contributed by atoms with Crippen LogP contribution in [0.25, 0.3) is 0 Å². The van der Waals surface area contributed by atoms with Crippen molar-refractivity contribution in [1.29, 1.82) is 0 Å². The summed E-state index contributed by atoms with van der Waals surface area (Å²) in [7, 11) is 0. The maximum atomic E-state index is 12.1. The van der Waals surface area contributed by atoms with Gasteiger partial charge in [-0.05, 0) is 31.4 Å². The number of aromatic nitrogens is 2. The van der Waals surface area contributed by atoms with Crippen molar-refractivity contribution < 1.29 is 4.79 Å². The highest BCUT2D eigenvalue weighted by Crippen LogP contribution is 2.15. The molecule has 1 aliphatic heterocycles. The summed E-state index contributed by atoms with van der Waals surface area (Å²) in [5.74, 6) is 0.503. The third kappa shape index (κ3) is 3.82. The SMILES string of the molecule is CCC(CC)CNC(=O)c1ccn(C2CCCNC2)n1. The molecule has 1 aromatic rings. The van der Waals surface area contributed by atoms with Crippen LogP contribution in [-0.2, 0) is 0 Å². The molecule has 0 spiro atoms. The molecule has 1 aliphatic rings. The van der Waals surface area contributed by atoms with Crippen LogP contribution in [0, 0.1) is 5.92 Å². The predicted molar refractivity (Wildman–Crippen MR) is 79.8 cm³/mol. The van der Waals surface area contributed by atoms with E-state index in [4.69, 9.17) is 0 Å². The van der Waals surface area contributed by atoms with Gasteiger partial charge in [-0.3, -0.25) is 9.48 Å². The number of nitrogens with one attached hydrogen (secondary N) is 2. The van der Waals surface area contributed by atoms with Gasteiger partial charge in [0.15, 0.2) is 0 Å². The van der Waals surface area contributed by atoms with E-state index in [0.717, 1.165) is 38.9 Å². The molecule has 2 N–H and O–H groups in total. The average molecular weight is 278 g/mol. The van der Waals surface area contributed by atoms with Gasteiger partial charge in [-0.2, -0.15) is 5.10 Å². The molecule has 2 rings (SSSR count). The molecule has 2 heterocycles. The second-order valence-corrected chi connectivity index (χ2v) is 5.57. The Morgan fingerprint density at radius 2 is 2.35 bits per heavy atom. The monoisotopic (exact) mass is 278 g/mol. The Hall–Kier alpha value is -1.36. The topological polar surface area (TPSA) is 59.0 Å². The average Bonchev–Trinajstić information content (AvgIpc) is 2.99. The molecular weight excluding hydrogens is 252 g/mol. The Labute approximate surface area is 121 Å². The smallest absolute Gasteiger partial charge is 0.271 e. The van der Waals surface area contributed by atoms with Gasteiger partial charge in [-0.1, -0.05) is 26.7 Å². The lowest BCUT2D eigenvalue weighted by Gasteiger charge is -2.22. The highest BCUT2D eigenvalue weighted by molar-refractivity contribution is 5.92. The van der Waals surface area contributed by atoms with Crippen LogP contribution in [0.4, 0.5) is 0 Å². The summed E-state index contributed by atoms with van der Waals surface area (Å²) < 4.78 is 1.93. The first kappa shape index (κ1) is 15.0. The van der Waals surface area contributed by atoms with Crippen molar-refractivity contribution in [2.45, 2.75) is 45.6 Å². The van der Waals surface area contributed by atoms with Gasteiger partial charge < -0.3 is 10.6 Å². The number of hydrogen-bond donors (Lipinski definition) is 2. The molecule has 1 saturated heterocycles. The lowest BCUT2D eigenvalue weighted by Crippen LogP contribution is -2.32. The number of carbonyl (C=O) groups excluding carboxylic acids is 1. The van der Waals surface area contributed by atoms with Crippen molar-refractivity contribution >= 4 is 5.91 Å². The Morgan fingerprint density at radius 1 is 1.55 bits per heavy atom. The Morgan fingerprint density at radius 3 is 3.00 bits per heavy atom. The molecule has 0 aliphatic carbocycles. The largest absolute Gasteiger partial charge is 0.350 e. The molecule has 1 atom stereocenters. The minimum atomic E-state index is -0.0561. The van der Waals surface area contributed by atoms with E-state index in [2.05, 4.69) is 29.6 Å². The van der Waals surface area contributed by atoms with Crippen LogP contribution in [0.2, 0.25) is 0 Å². The van der Waals surface area contributed by atoms with E-state index < -0.39 is 0 Å². The number of carbonyl (C=O) groups is 1. The molecule has 0 saturated carbocycles. The van der Waals surface area contributed by atoms with Crippen molar-refractivity contribution in [3.8, 4) is 0 Å². The molecule has 1 aromatic heterocycles. The van der Waals surface area contributed by atoms with Gasteiger partial charge >= 0.3 is 0 Å². The van der Waals surface area contributed by atoms with Crippen LogP contribution < -0.4 is 10.6 Å². The summed E-state index contributed by atoms with van der Waals surface area (Å²) >= 11 is 0. The van der Waals surface area contributed by atoms with E-state index in [1.165, 1.54) is 6.42 Å². The second-order valence-electron chi connectivity index (χ2n) is 5.57. The molecule has 0 radical (unpaired) electrons. The van der Waals surface area contributed by atoms with E-state index in [1.54, 1.807) is 0 Å². The summed E-state index contributed by atoms with van der Waals surface area (Å²) in [5.41, 5.74) is 0.529. The highest BCUT2D eigenvalue weighted by atomic mass is 16.1. The molecular formula is C15H26N4O. The zero-order valence-corrected chi connectivity index (χ0v) is 12.6. The van der Waals surface area contributed by atoms with Crippen molar-refractivity contribution in [1.82, 2.24) is 20.4 Å². The summed E-state index contributed by atoms with van der Waals surface area (Å²) in [6.45, 7) is 7.08. The molecule has 0 aromatic carbocycles. The Balaban J connectivity index is 1.89. The van der Waals surface area contributed by atoms with Crippen molar-refractivity contribution in [2.75, 3.05) is 19.6 Å². The summed E-state index contributed by atoms with van der Waals surface area (Å²) in [6.07, 6.45) is 6.41. The number of amides is 1. The standard InChI is InChI=1S/C15H26N4O/c1-3-12(4-2)10-17-15(20)14-7-9-19(18-14)13-6-5-8-16-11-13/h7,9,12-13,16H,3-6,8,10-11H2,1-2H3,(H,17,20). The van der Waals surface area contributed by atoms with Crippen molar-refractivity contribution in [3.63, 3.8) is 0 Å². The fourth-order valence-electron chi connectivity index (χ4n) is 2.63. The number of nitrogens with zero attached hydrogens (tertiary/aromatic N) is 2. The van der Waals surface area contributed by atoms with Gasteiger partial charge in [0, 0.05) is 19.3 Å². The fourth-order valence-corrected chi connectivity index (χ4v) is 2.63. The van der Waals surface area contributed by atoms with Crippen LogP contribution in [0.5, 0.6) is 0 Å². The fraction of sp³-hybridized carbons (Fsp3) is 0.733. The molecule has 1 amide bonds. The van der Waals surface area contributed by atoms with Crippen LogP contribution in [0.15, 0.2) is 12.3 Å². The van der Waals surface area contributed by atoms with E-state index in [0.29, 0.717) is 17.7 Å². The minimum absolute atomic E-state index is 0.0561. The molecule has 1 fully saturated rings. The summed E-state index contributed by atoms with van der Waals surface area (Å²) in [6, 6.07) is 2.20. The molecule has 5 heteroatoms. The van der Waals surface area contributed by atoms with Crippen molar-refractivity contribution in [2.24, 2.45) is 5.92 Å². The molecule has 0 bridgehead atoms. The molecule has 112 valence electrons. The molecule has 5 nitrogen and oxygen atoms in total. The van der Waals surface area contributed by atoms with Crippen LogP contribution in [-0.4, -0.2) is 35.3 Å². The van der Waals surface area contributed by atoms with Crippen LogP contribution >= 0.6 is 0 Å². The third-order valence-corrected chi connectivity index (χ3v) is 4.19. The first-order valence-electron chi connectivity index (χ1n) is 7.78. The van der Waals surface area contributed by atoms with Gasteiger partial charge in [0.1, 0.15) is 5.69 Å². The normalized spacial score (nSPS) is 19.2. The first-order chi connectivity index (χ1) is 9.74. The van der Waals surface area contributed by atoms with Crippen LogP contribution in [0.3, 0.4) is 0 Å². The van der Waals surface area contributed by atoms with Gasteiger partial charge in [0.25, 0.3) is 5.91 Å². The quantitative estimate of drug-likeness (QED) is 0.836. The first-order valence-corrected chi connectivity index (χ1v) is 7.78. The van der Waals surface area contributed by atoms with E-state index in [-0.39, 0.29) is 5.91 Å². The zero-order chi connectivity index (χ0) is 14.4. The maximum absolute atomic E-state index is 12.1.